The maximum Gasteiger partial charge on any atom is 0.243 e. The van der Waals surface area contributed by atoms with Gasteiger partial charge in [0.2, 0.25) is 15.9 Å². The predicted molar refractivity (Wildman–Crippen MR) is 144 cm³/mol. The van der Waals surface area contributed by atoms with Crippen LogP contribution in [0.15, 0.2) is 71.8 Å². The second-order valence-corrected chi connectivity index (χ2v) is 12.0. The number of hydrogen-bond acceptors (Lipinski definition) is 7. The van der Waals surface area contributed by atoms with Crippen LogP contribution in [0.25, 0.3) is 10.2 Å². The van der Waals surface area contributed by atoms with E-state index in [-0.39, 0.29) is 29.8 Å². The van der Waals surface area contributed by atoms with E-state index in [1.54, 1.807) is 35.4 Å². The van der Waals surface area contributed by atoms with Crippen molar-refractivity contribution in [1.82, 2.24) is 14.3 Å². The van der Waals surface area contributed by atoms with E-state index in [4.69, 9.17) is 9.72 Å². The highest BCUT2D eigenvalue weighted by Gasteiger charge is 2.35. The number of nitrogens with zero attached hydrogens (tertiary/aromatic N) is 4. The zero-order valence-corrected chi connectivity index (χ0v) is 22.3. The van der Waals surface area contributed by atoms with E-state index in [0.717, 1.165) is 21.5 Å². The number of methoxy groups -OCH3 is 1. The number of rotatable bonds is 7. The number of carbonyl (C=O) groups excluding carboxylic acids is 1. The molecule has 0 aliphatic carbocycles. The van der Waals surface area contributed by atoms with Crippen molar-refractivity contribution in [2.75, 3.05) is 25.1 Å². The molecule has 37 heavy (non-hydrogen) atoms. The van der Waals surface area contributed by atoms with Crippen LogP contribution in [0.2, 0.25) is 0 Å². The number of amides is 1. The monoisotopic (exact) mass is 536 g/mol. The largest absolute Gasteiger partial charge is 0.497 e. The Labute approximate surface area is 220 Å². The Hall–Kier alpha value is -3.34. The standard InChI is InChI=1S/C27H28N4O4S2/c1-19-6-5-8-24-25(19)29-27(36-24)31(18-21-7-3-4-15-28-21)26(32)20-13-16-30(17-14-20)37(33,34)23-11-9-22(35-2)10-12-23/h3-12,15,20H,13-14,16-18H2,1-2H3. The van der Waals surface area contributed by atoms with Crippen LogP contribution in [-0.4, -0.2) is 48.8 Å². The maximum absolute atomic E-state index is 13.8. The molecule has 3 heterocycles. The van der Waals surface area contributed by atoms with Gasteiger partial charge in [-0.3, -0.25) is 14.7 Å². The topological polar surface area (TPSA) is 92.7 Å². The fourth-order valence-electron chi connectivity index (χ4n) is 4.54. The molecule has 1 amide bonds. The summed E-state index contributed by atoms with van der Waals surface area (Å²) in [5.74, 6) is 0.240. The average Bonchev–Trinajstić information content (AvgIpc) is 3.37. The Morgan fingerprint density at radius 1 is 1.08 bits per heavy atom. The van der Waals surface area contributed by atoms with E-state index < -0.39 is 10.0 Å². The highest BCUT2D eigenvalue weighted by atomic mass is 32.2. The van der Waals surface area contributed by atoms with E-state index in [1.807, 2.05) is 43.3 Å². The quantitative estimate of drug-likeness (QED) is 0.342. The Bertz CT molecular complexity index is 1500. The number of pyridine rings is 1. The summed E-state index contributed by atoms with van der Waals surface area (Å²) in [4.78, 5) is 25.0. The van der Waals surface area contributed by atoms with Crippen LogP contribution in [0.1, 0.15) is 24.1 Å². The van der Waals surface area contributed by atoms with Crippen LogP contribution in [-0.2, 0) is 21.4 Å². The second-order valence-electron chi connectivity index (χ2n) is 9.02. The molecular weight excluding hydrogens is 508 g/mol. The van der Waals surface area contributed by atoms with Gasteiger partial charge in [-0.15, -0.1) is 0 Å². The van der Waals surface area contributed by atoms with Crippen molar-refractivity contribution in [3.63, 3.8) is 0 Å². The van der Waals surface area contributed by atoms with Crippen molar-refractivity contribution >= 4 is 42.6 Å². The van der Waals surface area contributed by atoms with Gasteiger partial charge in [0.15, 0.2) is 5.13 Å². The van der Waals surface area contributed by atoms with Gasteiger partial charge in [-0.05, 0) is 67.8 Å². The molecule has 0 radical (unpaired) electrons. The highest BCUT2D eigenvalue weighted by Crippen LogP contribution is 2.34. The SMILES string of the molecule is COc1ccc(S(=O)(=O)N2CCC(C(=O)N(Cc3ccccn3)c3nc4c(C)cccc4s3)CC2)cc1. The first kappa shape index (κ1) is 25.3. The van der Waals surface area contributed by atoms with Crippen molar-refractivity contribution < 1.29 is 17.9 Å². The summed E-state index contributed by atoms with van der Waals surface area (Å²) in [6.07, 6.45) is 2.59. The molecule has 0 unspecified atom stereocenters. The lowest BCUT2D eigenvalue weighted by molar-refractivity contribution is -0.123. The minimum atomic E-state index is -3.65. The van der Waals surface area contributed by atoms with Crippen molar-refractivity contribution in [2.45, 2.75) is 31.2 Å². The third-order valence-corrected chi connectivity index (χ3v) is 9.61. The lowest BCUT2D eigenvalue weighted by atomic mass is 9.96. The molecular formula is C27H28N4O4S2. The molecule has 2 aromatic heterocycles. The summed E-state index contributed by atoms with van der Waals surface area (Å²) < 4.78 is 33.9. The van der Waals surface area contributed by atoms with Gasteiger partial charge in [0.05, 0.1) is 34.5 Å². The van der Waals surface area contributed by atoms with Crippen LogP contribution in [0.5, 0.6) is 5.75 Å². The number of carbonyl (C=O) groups is 1. The van der Waals surface area contributed by atoms with Gasteiger partial charge in [0.1, 0.15) is 5.75 Å². The fourth-order valence-corrected chi connectivity index (χ4v) is 7.06. The van der Waals surface area contributed by atoms with E-state index in [1.165, 1.54) is 22.8 Å². The third-order valence-electron chi connectivity index (χ3n) is 6.65. The summed E-state index contributed by atoms with van der Waals surface area (Å²) in [6, 6.07) is 18.0. The summed E-state index contributed by atoms with van der Waals surface area (Å²) >= 11 is 1.49. The second kappa shape index (κ2) is 10.6. The van der Waals surface area contributed by atoms with Gasteiger partial charge in [-0.1, -0.05) is 29.5 Å². The number of aryl methyl sites for hydroxylation is 1. The normalized spacial score (nSPS) is 15.1. The zero-order chi connectivity index (χ0) is 26.0. The predicted octanol–water partition coefficient (Wildman–Crippen LogP) is 4.64. The smallest absolute Gasteiger partial charge is 0.243 e. The van der Waals surface area contributed by atoms with Gasteiger partial charge in [-0.2, -0.15) is 4.31 Å². The Morgan fingerprint density at radius 2 is 1.84 bits per heavy atom. The molecule has 10 heteroatoms. The van der Waals surface area contributed by atoms with Crippen molar-refractivity contribution in [3.05, 3.63) is 78.1 Å². The van der Waals surface area contributed by atoms with Crippen LogP contribution < -0.4 is 9.64 Å². The van der Waals surface area contributed by atoms with Crippen LogP contribution in [0, 0.1) is 12.8 Å². The number of fused-ring (bicyclic) bond motifs is 1. The summed E-state index contributed by atoms with van der Waals surface area (Å²) in [7, 11) is -2.11. The molecule has 1 fully saturated rings. The van der Waals surface area contributed by atoms with E-state index in [2.05, 4.69) is 4.98 Å². The molecule has 0 N–H and O–H groups in total. The first-order valence-corrected chi connectivity index (χ1v) is 14.3. The maximum atomic E-state index is 13.8. The molecule has 8 nitrogen and oxygen atoms in total. The molecule has 5 rings (SSSR count). The lowest BCUT2D eigenvalue weighted by Crippen LogP contribution is -2.44. The molecule has 2 aromatic carbocycles. The number of ether oxygens (including phenoxy) is 1. The number of piperidine rings is 1. The molecule has 0 spiro atoms. The number of hydrogen-bond donors (Lipinski definition) is 0. The van der Waals surface area contributed by atoms with Crippen molar-refractivity contribution in [3.8, 4) is 5.75 Å². The van der Waals surface area contributed by atoms with Gasteiger partial charge >= 0.3 is 0 Å². The molecule has 0 atom stereocenters. The van der Waals surface area contributed by atoms with Crippen molar-refractivity contribution in [1.29, 1.82) is 0 Å². The molecule has 0 saturated carbocycles. The first-order chi connectivity index (χ1) is 17.9. The van der Waals surface area contributed by atoms with Gasteiger partial charge < -0.3 is 4.74 Å². The Kier molecular flexibility index (Phi) is 7.23. The molecule has 1 aliphatic heterocycles. The molecule has 192 valence electrons. The van der Waals surface area contributed by atoms with Gasteiger partial charge in [-0.25, -0.2) is 13.4 Å². The summed E-state index contributed by atoms with van der Waals surface area (Å²) in [6.45, 7) is 2.88. The van der Waals surface area contributed by atoms with Crippen molar-refractivity contribution in [2.24, 2.45) is 5.92 Å². The van der Waals surface area contributed by atoms with Crippen LogP contribution in [0.4, 0.5) is 5.13 Å². The number of benzene rings is 2. The first-order valence-electron chi connectivity index (χ1n) is 12.1. The van der Waals surface area contributed by atoms with E-state index in [0.29, 0.717) is 30.3 Å². The lowest BCUT2D eigenvalue weighted by Gasteiger charge is -2.33. The fraction of sp³-hybridized carbons (Fsp3) is 0.296. The average molecular weight is 537 g/mol. The number of sulfonamides is 1. The summed E-state index contributed by atoms with van der Waals surface area (Å²) in [5.41, 5.74) is 2.72. The molecule has 1 aliphatic rings. The number of para-hydroxylation sites is 1. The summed E-state index contributed by atoms with van der Waals surface area (Å²) in [5, 5.41) is 0.633. The van der Waals surface area contributed by atoms with E-state index in [9.17, 15) is 13.2 Å². The van der Waals surface area contributed by atoms with Crippen LogP contribution in [0.3, 0.4) is 0 Å². The minimum Gasteiger partial charge on any atom is -0.497 e. The zero-order valence-electron chi connectivity index (χ0n) is 20.7. The third kappa shape index (κ3) is 5.22. The Morgan fingerprint density at radius 3 is 2.49 bits per heavy atom. The number of anilines is 1. The minimum absolute atomic E-state index is 0.0520. The van der Waals surface area contributed by atoms with Gasteiger partial charge in [0.25, 0.3) is 0 Å². The van der Waals surface area contributed by atoms with E-state index >= 15 is 0 Å². The molecule has 0 bridgehead atoms. The van der Waals surface area contributed by atoms with Crippen LogP contribution >= 0.6 is 11.3 Å². The number of thiazole rings is 1. The Balaban J connectivity index is 1.36. The highest BCUT2D eigenvalue weighted by molar-refractivity contribution is 7.89. The molecule has 4 aromatic rings. The molecule has 1 saturated heterocycles. The van der Waals surface area contributed by atoms with Gasteiger partial charge in [0, 0.05) is 25.2 Å². The number of aromatic nitrogens is 2.